The zero-order valence-electron chi connectivity index (χ0n) is 19.4. The molecule has 0 spiro atoms. The quantitative estimate of drug-likeness (QED) is 0.435. The standard InChI is InChI=1S/C29H29NO4/c1-20-7-11-28-25(15-20)29(32)24(19-34-28)18-30-13-14-33-27-12-9-22(16-23(27)17-30)26(31)10-8-21-5-3-2-4-6-21/h2-7,9,11-12,15-16,19,26,31H,8,10,13-14,17-18H2,1H3. The monoisotopic (exact) mass is 455 g/mol. The van der Waals surface area contributed by atoms with Gasteiger partial charge >= 0.3 is 0 Å². The van der Waals surface area contributed by atoms with Crippen LogP contribution in [0.25, 0.3) is 11.0 Å². The minimum atomic E-state index is -0.544. The molecule has 0 fully saturated rings. The molecule has 0 amide bonds. The number of aliphatic hydroxyl groups is 1. The van der Waals surface area contributed by atoms with Crippen LogP contribution in [0.1, 0.15) is 40.3 Å². The normalized spacial score (nSPS) is 14.9. The van der Waals surface area contributed by atoms with Crippen LogP contribution < -0.4 is 10.2 Å². The maximum atomic E-state index is 13.1. The Morgan fingerprint density at radius 1 is 1.06 bits per heavy atom. The third-order valence-electron chi connectivity index (χ3n) is 6.47. The van der Waals surface area contributed by atoms with E-state index in [2.05, 4.69) is 17.0 Å². The van der Waals surface area contributed by atoms with Gasteiger partial charge in [0.15, 0.2) is 5.43 Å². The minimum Gasteiger partial charge on any atom is -0.492 e. The van der Waals surface area contributed by atoms with Crippen molar-refractivity contribution in [2.45, 2.75) is 39.0 Å². The maximum absolute atomic E-state index is 13.1. The maximum Gasteiger partial charge on any atom is 0.197 e. The van der Waals surface area contributed by atoms with E-state index in [0.29, 0.717) is 49.2 Å². The van der Waals surface area contributed by atoms with Crippen molar-refractivity contribution in [3.8, 4) is 5.75 Å². The topological polar surface area (TPSA) is 62.9 Å². The molecule has 0 aliphatic carbocycles. The molecular weight excluding hydrogens is 426 g/mol. The number of hydrogen-bond donors (Lipinski definition) is 1. The minimum absolute atomic E-state index is 0.0143. The number of nitrogens with zero attached hydrogens (tertiary/aromatic N) is 1. The predicted octanol–water partition coefficient (Wildman–Crippen LogP) is 5.16. The highest BCUT2D eigenvalue weighted by molar-refractivity contribution is 5.77. The van der Waals surface area contributed by atoms with E-state index in [1.807, 2.05) is 61.5 Å². The Bertz CT molecular complexity index is 1350. The lowest BCUT2D eigenvalue weighted by atomic mass is 9.99. The highest BCUT2D eigenvalue weighted by Gasteiger charge is 2.19. The first-order chi connectivity index (χ1) is 16.6. The molecule has 5 rings (SSSR count). The van der Waals surface area contributed by atoms with Crippen molar-refractivity contribution in [1.82, 2.24) is 4.90 Å². The Morgan fingerprint density at radius 3 is 2.76 bits per heavy atom. The van der Waals surface area contributed by atoms with E-state index in [-0.39, 0.29) is 5.43 Å². The summed E-state index contributed by atoms with van der Waals surface area (Å²) in [7, 11) is 0. The second kappa shape index (κ2) is 9.84. The molecule has 1 N–H and O–H groups in total. The fourth-order valence-corrected chi connectivity index (χ4v) is 4.56. The molecule has 0 radical (unpaired) electrons. The first kappa shape index (κ1) is 22.4. The molecule has 4 aromatic rings. The molecule has 1 atom stereocenters. The van der Waals surface area contributed by atoms with Gasteiger partial charge < -0.3 is 14.3 Å². The first-order valence-electron chi connectivity index (χ1n) is 11.8. The molecule has 0 saturated heterocycles. The van der Waals surface area contributed by atoms with Gasteiger partial charge in [0.25, 0.3) is 0 Å². The number of rotatable bonds is 6. The van der Waals surface area contributed by atoms with Crippen LogP contribution in [0.2, 0.25) is 0 Å². The van der Waals surface area contributed by atoms with Gasteiger partial charge in [-0.2, -0.15) is 0 Å². The third kappa shape index (κ3) is 4.91. The van der Waals surface area contributed by atoms with E-state index in [0.717, 1.165) is 28.9 Å². The fraction of sp³-hybridized carbons (Fsp3) is 0.276. The highest BCUT2D eigenvalue weighted by atomic mass is 16.5. The van der Waals surface area contributed by atoms with Crippen LogP contribution in [-0.4, -0.2) is 23.2 Å². The van der Waals surface area contributed by atoms with Gasteiger partial charge in [0.05, 0.1) is 17.8 Å². The van der Waals surface area contributed by atoms with Gasteiger partial charge in [-0.15, -0.1) is 0 Å². The van der Waals surface area contributed by atoms with Crippen LogP contribution >= 0.6 is 0 Å². The molecule has 1 aliphatic heterocycles. The van der Waals surface area contributed by atoms with Crippen molar-refractivity contribution < 1.29 is 14.3 Å². The number of ether oxygens (including phenoxy) is 1. The largest absolute Gasteiger partial charge is 0.492 e. The van der Waals surface area contributed by atoms with Gasteiger partial charge in [0.2, 0.25) is 0 Å². The van der Waals surface area contributed by atoms with Crippen molar-refractivity contribution in [1.29, 1.82) is 0 Å². The van der Waals surface area contributed by atoms with Crippen LogP contribution in [0.5, 0.6) is 5.75 Å². The van der Waals surface area contributed by atoms with Crippen molar-refractivity contribution in [2.75, 3.05) is 13.2 Å². The lowest BCUT2D eigenvalue weighted by Crippen LogP contribution is -2.28. The fourth-order valence-electron chi connectivity index (χ4n) is 4.56. The number of benzene rings is 3. The molecule has 0 bridgehead atoms. The van der Waals surface area contributed by atoms with E-state index in [1.54, 1.807) is 6.26 Å². The lowest BCUT2D eigenvalue weighted by molar-refractivity contribution is 0.167. The molecule has 1 aliphatic rings. The first-order valence-corrected chi connectivity index (χ1v) is 11.8. The summed E-state index contributed by atoms with van der Waals surface area (Å²) in [4.78, 5) is 15.3. The van der Waals surface area contributed by atoms with Crippen LogP contribution in [0.3, 0.4) is 0 Å². The van der Waals surface area contributed by atoms with Crippen LogP contribution in [0.4, 0.5) is 0 Å². The zero-order chi connectivity index (χ0) is 23.5. The third-order valence-corrected chi connectivity index (χ3v) is 6.47. The average Bonchev–Trinajstić information content (AvgIpc) is 3.06. The average molecular weight is 456 g/mol. The molecule has 3 aromatic carbocycles. The Hall–Kier alpha value is -3.41. The zero-order valence-corrected chi connectivity index (χ0v) is 19.4. The molecule has 0 saturated carbocycles. The van der Waals surface area contributed by atoms with E-state index in [4.69, 9.17) is 9.15 Å². The van der Waals surface area contributed by atoms with Gasteiger partial charge in [-0.1, -0.05) is 48.0 Å². The summed E-state index contributed by atoms with van der Waals surface area (Å²) in [6.45, 7) is 4.34. The van der Waals surface area contributed by atoms with Crippen molar-refractivity contribution >= 4 is 11.0 Å². The Morgan fingerprint density at radius 2 is 1.91 bits per heavy atom. The SMILES string of the molecule is Cc1ccc2occ(CN3CCOc4ccc(C(O)CCc5ccccc5)cc4C3)c(=O)c2c1. The van der Waals surface area contributed by atoms with E-state index >= 15 is 0 Å². The number of hydrogen-bond acceptors (Lipinski definition) is 5. The molecular formula is C29H29NO4. The second-order valence-corrected chi connectivity index (χ2v) is 9.06. The molecule has 5 heteroatoms. The molecule has 5 nitrogen and oxygen atoms in total. The molecule has 34 heavy (non-hydrogen) atoms. The lowest BCUT2D eigenvalue weighted by Gasteiger charge is -2.19. The molecule has 2 heterocycles. The summed E-state index contributed by atoms with van der Waals surface area (Å²) in [6.07, 6.45) is 2.51. The summed E-state index contributed by atoms with van der Waals surface area (Å²) in [5, 5.41) is 11.4. The Balaban J connectivity index is 1.32. The van der Waals surface area contributed by atoms with E-state index in [9.17, 15) is 9.90 Å². The highest BCUT2D eigenvalue weighted by Crippen LogP contribution is 2.29. The van der Waals surface area contributed by atoms with E-state index in [1.165, 1.54) is 5.56 Å². The predicted molar refractivity (Wildman–Crippen MR) is 133 cm³/mol. The summed E-state index contributed by atoms with van der Waals surface area (Å²) < 4.78 is 11.7. The van der Waals surface area contributed by atoms with Gasteiger partial charge in [-0.3, -0.25) is 9.69 Å². The number of fused-ring (bicyclic) bond motifs is 2. The van der Waals surface area contributed by atoms with Crippen molar-refractivity contribution in [3.63, 3.8) is 0 Å². The van der Waals surface area contributed by atoms with Gasteiger partial charge in [-0.25, -0.2) is 0 Å². The smallest absolute Gasteiger partial charge is 0.197 e. The number of aliphatic hydroxyl groups excluding tert-OH is 1. The van der Waals surface area contributed by atoms with Gasteiger partial charge in [-0.05, 0) is 55.2 Å². The van der Waals surface area contributed by atoms with Gasteiger partial charge in [0.1, 0.15) is 17.9 Å². The molecule has 174 valence electrons. The number of aryl methyl sites for hydroxylation is 2. The van der Waals surface area contributed by atoms with Crippen LogP contribution in [0.15, 0.2) is 82.2 Å². The summed E-state index contributed by atoms with van der Waals surface area (Å²) in [6, 6.07) is 21.8. The molecule has 1 unspecified atom stereocenters. The van der Waals surface area contributed by atoms with Gasteiger partial charge in [0, 0.05) is 30.8 Å². The summed E-state index contributed by atoms with van der Waals surface area (Å²) in [5.41, 5.74) is 5.43. The van der Waals surface area contributed by atoms with E-state index < -0.39 is 6.10 Å². The van der Waals surface area contributed by atoms with Crippen LogP contribution in [0, 0.1) is 6.92 Å². The van der Waals surface area contributed by atoms with Crippen molar-refractivity contribution in [3.05, 3.63) is 111 Å². The Labute approximate surface area is 199 Å². The second-order valence-electron chi connectivity index (χ2n) is 9.06. The van der Waals surface area contributed by atoms with Crippen molar-refractivity contribution in [2.24, 2.45) is 0 Å². The summed E-state index contributed by atoms with van der Waals surface area (Å²) >= 11 is 0. The Kier molecular flexibility index (Phi) is 6.48. The van der Waals surface area contributed by atoms with Crippen LogP contribution in [-0.2, 0) is 19.5 Å². The summed E-state index contributed by atoms with van der Waals surface area (Å²) in [5.74, 6) is 0.836. The molecule has 1 aromatic heterocycles.